The van der Waals surface area contributed by atoms with Crippen molar-refractivity contribution >= 4 is 6.21 Å². The number of hydrogen-bond donors (Lipinski definition) is 0. The van der Waals surface area contributed by atoms with Crippen molar-refractivity contribution in [2.24, 2.45) is 0 Å². The Kier molecular flexibility index (Phi) is 3.86. The molecule has 0 saturated heterocycles. The Morgan fingerprint density at radius 3 is 2.62 bits per heavy atom. The molecular formula is C13H18N2O. The molecule has 0 aromatic heterocycles. The third-order valence-electron chi connectivity index (χ3n) is 2.85. The van der Waals surface area contributed by atoms with E-state index < -0.39 is 0 Å². The molecule has 0 unspecified atom stereocenters. The Hall–Kier alpha value is -1.60. The minimum atomic E-state index is -0.0391. The number of aryl methyl sites for hydroxylation is 1. The molecule has 3 nitrogen and oxygen atoms in total. The van der Waals surface area contributed by atoms with E-state index in [-0.39, 0.29) is 5.41 Å². The van der Waals surface area contributed by atoms with E-state index in [4.69, 9.17) is 10.3 Å². The first-order valence-electron chi connectivity index (χ1n) is 5.32. The van der Waals surface area contributed by atoms with E-state index in [0.29, 0.717) is 6.42 Å². The molecule has 0 amide bonds. The van der Waals surface area contributed by atoms with Gasteiger partial charge >= 0.3 is 0 Å². The van der Waals surface area contributed by atoms with Crippen LogP contribution in [0.25, 0.3) is 5.53 Å². The third kappa shape index (κ3) is 2.71. The van der Waals surface area contributed by atoms with Crippen LogP contribution in [0.1, 0.15) is 31.4 Å². The predicted octanol–water partition coefficient (Wildman–Crippen LogP) is 2.97. The van der Waals surface area contributed by atoms with Gasteiger partial charge in [0.2, 0.25) is 0 Å². The van der Waals surface area contributed by atoms with Crippen molar-refractivity contribution in [3.8, 4) is 5.75 Å². The van der Waals surface area contributed by atoms with Crippen LogP contribution in [-0.4, -0.2) is 18.1 Å². The van der Waals surface area contributed by atoms with Gasteiger partial charge in [0.05, 0.1) is 13.5 Å². The molecule has 0 atom stereocenters. The van der Waals surface area contributed by atoms with Gasteiger partial charge in [0, 0.05) is 5.41 Å². The third-order valence-corrected chi connectivity index (χ3v) is 2.85. The molecule has 1 rings (SSSR count). The van der Waals surface area contributed by atoms with Crippen LogP contribution in [0, 0.1) is 6.92 Å². The molecular weight excluding hydrogens is 200 g/mol. The number of nitrogens with zero attached hydrogens (tertiary/aromatic N) is 2. The summed E-state index contributed by atoms with van der Waals surface area (Å²) in [5.41, 5.74) is 10.9. The second-order valence-corrected chi connectivity index (χ2v) is 4.57. The van der Waals surface area contributed by atoms with E-state index in [2.05, 4.69) is 31.6 Å². The van der Waals surface area contributed by atoms with Crippen molar-refractivity contribution in [1.82, 2.24) is 0 Å². The van der Waals surface area contributed by atoms with Gasteiger partial charge in [0.15, 0.2) is 0 Å². The zero-order chi connectivity index (χ0) is 12.2. The molecule has 1 aromatic carbocycles. The van der Waals surface area contributed by atoms with Crippen LogP contribution in [0.3, 0.4) is 0 Å². The standard InChI is InChI=1S/C13H18N2O/c1-10-9-11(16-4)5-6-12(10)13(2,3)7-8-15-14/h5-6,8-9H,7H2,1-4H3. The Labute approximate surface area is 96.7 Å². The van der Waals surface area contributed by atoms with Crippen LogP contribution < -0.4 is 4.74 Å². The largest absolute Gasteiger partial charge is 0.497 e. The number of benzene rings is 1. The van der Waals surface area contributed by atoms with Crippen LogP contribution in [0.4, 0.5) is 0 Å². The lowest BCUT2D eigenvalue weighted by atomic mass is 9.79. The van der Waals surface area contributed by atoms with E-state index in [1.807, 2.05) is 12.1 Å². The molecule has 86 valence electrons. The molecule has 0 fully saturated rings. The van der Waals surface area contributed by atoms with Crippen molar-refractivity contribution in [3.63, 3.8) is 0 Å². The van der Waals surface area contributed by atoms with E-state index in [0.717, 1.165) is 5.75 Å². The molecule has 0 aliphatic heterocycles. The number of methoxy groups -OCH3 is 1. The van der Waals surface area contributed by atoms with Crippen LogP contribution in [-0.2, 0) is 5.41 Å². The normalized spacial score (nSPS) is 10.8. The minimum absolute atomic E-state index is 0.0391. The summed E-state index contributed by atoms with van der Waals surface area (Å²) in [7, 11) is 1.66. The lowest BCUT2D eigenvalue weighted by Gasteiger charge is -2.24. The maximum atomic E-state index is 8.48. The van der Waals surface area contributed by atoms with Crippen LogP contribution in [0.2, 0.25) is 0 Å². The fourth-order valence-corrected chi connectivity index (χ4v) is 1.90. The summed E-state index contributed by atoms with van der Waals surface area (Å²) in [6.07, 6.45) is 2.24. The highest BCUT2D eigenvalue weighted by Gasteiger charge is 2.23. The zero-order valence-corrected chi connectivity index (χ0v) is 10.3. The Bertz CT molecular complexity index is 418. The first kappa shape index (κ1) is 12.5. The first-order chi connectivity index (χ1) is 7.51. The molecule has 0 heterocycles. The van der Waals surface area contributed by atoms with Gasteiger partial charge < -0.3 is 10.3 Å². The van der Waals surface area contributed by atoms with Crippen molar-refractivity contribution in [2.75, 3.05) is 7.11 Å². The second-order valence-electron chi connectivity index (χ2n) is 4.57. The smallest absolute Gasteiger partial charge is 0.258 e. The van der Waals surface area contributed by atoms with Gasteiger partial charge in [-0.1, -0.05) is 19.9 Å². The average molecular weight is 218 g/mol. The molecule has 0 aliphatic carbocycles. The second kappa shape index (κ2) is 4.95. The molecule has 16 heavy (non-hydrogen) atoms. The van der Waals surface area contributed by atoms with Crippen molar-refractivity contribution in [3.05, 3.63) is 34.9 Å². The van der Waals surface area contributed by atoms with Gasteiger partial charge in [-0.3, -0.25) is 0 Å². The number of ether oxygens (including phenoxy) is 1. The quantitative estimate of drug-likeness (QED) is 0.435. The monoisotopic (exact) mass is 218 g/mol. The summed E-state index contributed by atoms with van der Waals surface area (Å²) in [6, 6.07) is 6.05. The summed E-state index contributed by atoms with van der Waals surface area (Å²) in [5, 5.41) is 0. The van der Waals surface area contributed by atoms with E-state index >= 15 is 0 Å². The van der Waals surface area contributed by atoms with Gasteiger partial charge in [-0.25, -0.2) is 0 Å². The highest BCUT2D eigenvalue weighted by molar-refractivity contribution is 5.54. The van der Waals surface area contributed by atoms with Gasteiger partial charge in [-0.15, -0.1) is 0 Å². The first-order valence-corrected chi connectivity index (χ1v) is 5.32. The highest BCUT2D eigenvalue weighted by atomic mass is 16.5. The number of hydrogen-bond acceptors (Lipinski definition) is 1. The summed E-state index contributed by atoms with van der Waals surface area (Å²) in [6.45, 7) is 6.32. The fraction of sp³-hybridized carbons (Fsp3) is 0.462. The Balaban J connectivity index is 3.07. The SMILES string of the molecule is COc1ccc(C(C)(C)CC=[N+]=[N-])c(C)c1. The molecule has 0 spiro atoms. The lowest BCUT2D eigenvalue weighted by molar-refractivity contribution is -0.000418. The average Bonchev–Trinajstić information content (AvgIpc) is 2.25. The molecule has 0 saturated carbocycles. The van der Waals surface area contributed by atoms with Crippen molar-refractivity contribution < 1.29 is 9.53 Å². The molecule has 0 N–H and O–H groups in total. The predicted molar refractivity (Wildman–Crippen MR) is 65.1 cm³/mol. The maximum absolute atomic E-state index is 8.48. The van der Waals surface area contributed by atoms with Crippen molar-refractivity contribution in [2.45, 2.75) is 32.6 Å². The topological polar surface area (TPSA) is 45.6 Å². The Morgan fingerprint density at radius 1 is 1.44 bits per heavy atom. The highest BCUT2D eigenvalue weighted by Crippen LogP contribution is 2.30. The lowest BCUT2D eigenvalue weighted by Crippen LogP contribution is -2.19. The molecule has 0 aliphatic rings. The van der Waals surface area contributed by atoms with Crippen LogP contribution in [0.15, 0.2) is 18.2 Å². The summed E-state index contributed by atoms with van der Waals surface area (Å²) in [4.78, 5) is 3.06. The summed E-state index contributed by atoms with van der Waals surface area (Å²) in [5.74, 6) is 0.868. The van der Waals surface area contributed by atoms with E-state index in [9.17, 15) is 0 Å². The number of rotatable bonds is 4. The summed E-state index contributed by atoms with van der Waals surface area (Å²) >= 11 is 0. The van der Waals surface area contributed by atoms with Crippen LogP contribution in [0.5, 0.6) is 5.75 Å². The Morgan fingerprint density at radius 2 is 2.12 bits per heavy atom. The van der Waals surface area contributed by atoms with Crippen LogP contribution >= 0.6 is 0 Å². The van der Waals surface area contributed by atoms with E-state index in [1.165, 1.54) is 17.3 Å². The van der Waals surface area contributed by atoms with E-state index in [1.54, 1.807) is 7.11 Å². The van der Waals surface area contributed by atoms with Crippen molar-refractivity contribution in [1.29, 1.82) is 0 Å². The summed E-state index contributed by atoms with van der Waals surface area (Å²) < 4.78 is 5.18. The molecule has 0 radical (unpaired) electrons. The molecule has 3 heteroatoms. The van der Waals surface area contributed by atoms with Gasteiger partial charge in [-0.2, -0.15) is 4.79 Å². The molecule has 0 bridgehead atoms. The maximum Gasteiger partial charge on any atom is 0.258 e. The zero-order valence-electron chi connectivity index (χ0n) is 10.3. The van der Waals surface area contributed by atoms with Gasteiger partial charge in [0.25, 0.3) is 6.21 Å². The fourth-order valence-electron chi connectivity index (χ4n) is 1.90. The molecule has 1 aromatic rings. The minimum Gasteiger partial charge on any atom is -0.497 e. The van der Waals surface area contributed by atoms with Gasteiger partial charge in [0.1, 0.15) is 5.75 Å². The van der Waals surface area contributed by atoms with Gasteiger partial charge in [-0.05, 0) is 30.2 Å².